The van der Waals surface area contributed by atoms with Crippen molar-refractivity contribution in [1.29, 1.82) is 5.26 Å². The standard InChI is InChI=1S/C6H6.C3H5N.C3H6O2.5C3H8.C2H6O.CH4/c1-2-4-6-5-3-1;1-2-3-4;1-2-3(4)5;5*1-3-2;1-2-3;/h1-6H;2H2,1H3;2H2,1H3,(H,4,5);5*3H2,1-2H3;3H,2H2,1H3;1H4/i;;;;;;;;;1T. The van der Waals surface area contributed by atoms with E-state index in [4.69, 9.17) is 16.8 Å². The number of rotatable bonds is 1. The lowest BCUT2D eigenvalue weighted by Gasteiger charge is -1.71. The highest BCUT2D eigenvalue weighted by Gasteiger charge is 1.80. The van der Waals surface area contributed by atoms with Gasteiger partial charge in [-0.25, -0.2) is 0 Å². The quantitative estimate of drug-likeness (QED) is 0.409. The molecule has 0 aliphatic carbocycles. The molecule has 0 aliphatic heterocycles. The minimum absolute atomic E-state index is 0.222. The molecule has 0 aromatic heterocycles. The van der Waals surface area contributed by atoms with Crippen LogP contribution in [0.2, 0.25) is 0 Å². The minimum atomic E-state index is -0.745. The van der Waals surface area contributed by atoms with E-state index in [0.29, 0.717) is 6.42 Å². The Morgan fingerprint density at radius 3 is 0.794 bits per heavy atom. The maximum Gasteiger partial charge on any atom is 0.303 e. The molecule has 0 saturated heterocycles. The first-order valence-electron chi connectivity index (χ1n) is 13.9. The van der Waals surface area contributed by atoms with E-state index in [9.17, 15) is 4.79 Å². The molecule has 1 rings (SSSR count). The third kappa shape index (κ3) is 502. The van der Waals surface area contributed by atoms with E-state index in [1.54, 1.807) is 13.8 Å². The van der Waals surface area contributed by atoms with Gasteiger partial charge in [0.15, 0.2) is 0 Å². The fourth-order valence-corrected chi connectivity index (χ4v) is 0.385. The molecule has 0 aliphatic rings. The molecule has 1 aromatic carbocycles. The number of aliphatic carboxylic acids is 1. The second-order valence-electron chi connectivity index (χ2n) is 6.27. The molecule has 1 aromatic rings. The van der Waals surface area contributed by atoms with Gasteiger partial charge in [-0.15, -0.1) is 0 Å². The van der Waals surface area contributed by atoms with Gasteiger partial charge in [-0.3, -0.25) is 4.79 Å². The topological polar surface area (TPSA) is 81.3 Å². The van der Waals surface area contributed by atoms with Gasteiger partial charge in [-0.1, -0.05) is 159 Å². The van der Waals surface area contributed by atoms with Crippen LogP contribution in [0.15, 0.2) is 36.4 Å². The van der Waals surface area contributed by atoms with E-state index in [1.807, 2.05) is 49.4 Å². The predicted molar refractivity (Wildman–Crippen MR) is 160 cm³/mol. The number of carboxylic acid groups (broad SMARTS) is 1. The van der Waals surface area contributed by atoms with Crippen molar-refractivity contribution in [2.24, 2.45) is 0 Å². The first-order valence-corrected chi connectivity index (χ1v) is 12.9. The van der Waals surface area contributed by atoms with E-state index < -0.39 is 5.97 Å². The van der Waals surface area contributed by atoms with E-state index in [1.165, 1.54) is 39.5 Å². The Bertz CT molecular complexity index is 314. The van der Waals surface area contributed by atoms with Gasteiger partial charge in [0.05, 0.1) is 6.07 Å². The summed E-state index contributed by atoms with van der Waals surface area (Å²) in [4.78, 5) is 9.37. The number of aliphatic hydroxyl groups excluding tert-OH is 1. The average molecular weight is 492 g/mol. The lowest BCUT2D eigenvalue weighted by molar-refractivity contribution is -0.136. The van der Waals surface area contributed by atoms with E-state index in [2.05, 4.69) is 69.2 Å². The van der Waals surface area contributed by atoms with Crippen molar-refractivity contribution in [3.05, 3.63) is 36.4 Å². The molecule has 0 unspecified atom stereocenters. The molecule has 0 saturated carbocycles. The number of benzene rings is 1. The minimum Gasteiger partial charge on any atom is -0.481 e. The zero-order chi connectivity index (χ0) is 30.2. The van der Waals surface area contributed by atoms with Crippen molar-refractivity contribution >= 4 is 5.97 Å². The van der Waals surface area contributed by atoms with Crippen LogP contribution in [0, 0.1) is 11.3 Å². The lowest BCUT2D eigenvalue weighted by Crippen LogP contribution is -1.86. The monoisotopic (exact) mass is 492 g/mol. The summed E-state index contributed by atoms with van der Waals surface area (Å²) in [6.45, 7) is 26.6. The van der Waals surface area contributed by atoms with Crippen LogP contribution in [0.25, 0.3) is 0 Å². The highest BCUT2D eigenvalue weighted by atomic mass is 16.4. The summed E-state index contributed by atoms with van der Waals surface area (Å²) in [5.74, 6) is -0.745. The maximum absolute atomic E-state index is 9.37. The molecule has 0 radical (unpaired) electrons. The Hall–Kier alpha value is -1.86. The van der Waals surface area contributed by atoms with Crippen LogP contribution >= 0.6 is 0 Å². The average Bonchev–Trinajstić information content (AvgIpc) is 2.85. The molecule has 210 valence electrons. The molecule has 0 heterocycles. The maximum atomic E-state index is 9.37. The van der Waals surface area contributed by atoms with Crippen LogP contribution in [-0.2, 0) is 4.79 Å². The van der Waals surface area contributed by atoms with Crippen LogP contribution in [0.4, 0.5) is 0 Å². The molecule has 0 bridgehead atoms. The largest absolute Gasteiger partial charge is 0.481 e. The predicted octanol–water partition coefficient (Wildman–Crippen LogP) is 10.8. The molecule has 0 amide bonds. The molecular weight excluding hydrogens is 422 g/mol. The molecule has 4 heteroatoms. The third-order valence-corrected chi connectivity index (χ3v) is 1.13. The van der Waals surface area contributed by atoms with Crippen LogP contribution < -0.4 is 0 Å². The zero-order valence-corrected chi connectivity index (χ0v) is 25.9. The van der Waals surface area contributed by atoms with E-state index in [-0.39, 0.29) is 13.0 Å². The van der Waals surface area contributed by atoms with Crippen molar-refractivity contribution in [1.82, 2.24) is 0 Å². The summed E-state index contributed by atoms with van der Waals surface area (Å²) in [6.07, 6.45) is 7.10. The number of nitrogens with zero attached hydrogens (tertiary/aromatic N) is 1. The Balaban J connectivity index is -0.0000000313. The Morgan fingerprint density at radius 1 is 0.676 bits per heavy atom. The summed E-state index contributed by atoms with van der Waals surface area (Å²) in [7, 11) is 1.25. The number of carbonyl (C=O) groups is 1. The number of hydrogen-bond acceptors (Lipinski definition) is 3. The molecule has 4 nitrogen and oxygen atoms in total. The van der Waals surface area contributed by atoms with Gasteiger partial charge < -0.3 is 10.2 Å². The van der Waals surface area contributed by atoms with Gasteiger partial charge in [-0.05, 0) is 6.92 Å². The summed E-state index contributed by atoms with van der Waals surface area (Å²) >= 11 is 0. The van der Waals surface area contributed by atoms with Gasteiger partial charge in [0, 0.05) is 20.8 Å². The van der Waals surface area contributed by atoms with Crippen molar-refractivity contribution in [2.75, 3.05) is 6.61 Å². The molecule has 2 N–H and O–H groups in total. The van der Waals surface area contributed by atoms with Gasteiger partial charge >= 0.3 is 5.97 Å². The van der Waals surface area contributed by atoms with Gasteiger partial charge in [0.25, 0.3) is 0 Å². The van der Waals surface area contributed by atoms with Gasteiger partial charge in [0.2, 0.25) is 0 Å². The number of aliphatic hydroxyl groups is 1. The Labute approximate surface area is 219 Å². The summed E-state index contributed by atoms with van der Waals surface area (Å²) in [6, 6.07) is 13.9. The first-order chi connectivity index (χ1) is 16.7. The lowest BCUT2D eigenvalue weighted by atomic mass is 10.4. The number of carboxylic acids is 1. The third-order valence-electron chi connectivity index (χ3n) is 1.13. The van der Waals surface area contributed by atoms with Crippen LogP contribution in [0.5, 0.6) is 0 Å². The molecule has 34 heavy (non-hydrogen) atoms. The van der Waals surface area contributed by atoms with Crippen molar-refractivity contribution < 1.29 is 16.4 Å². The molecular formula is C30H67NO3. The highest BCUT2D eigenvalue weighted by molar-refractivity contribution is 5.66. The summed E-state index contributed by atoms with van der Waals surface area (Å²) < 4.78 is 5.75. The van der Waals surface area contributed by atoms with Crippen molar-refractivity contribution in [3.63, 3.8) is 0 Å². The fraction of sp³-hybridized carbons (Fsp3) is 0.733. The molecule has 0 spiro atoms. The van der Waals surface area contributed by atoms with E-state index in [0.717, 1.165) is 0 Å². The highest BCUT2D eigenvalue weighted by Crippen LogP contribution is 1.79. The molecule has 0 atom stereocenters. The van der Waals surface area contributed by atoms with Gasteiger partial charge in [0.1, 0.15) is 0 Å². The van der Waals surface area contributed by atoms with Crippen LogP contribution in [0.3, 0.4) is 0 Å². The van der Waals surface area contributed by atoms with Crippen molar-refractivity contribution in [2.45, 2.75) is 142 Å². The summed E-state index contributed by atoms with van der Waals surface area (Å²) in [5, 5.41) is 22.9. The van der Waals surface area contributed by atoms with Gasteiger partial charge in [-0.2, -0.15) is 5.26 Å². The van der Waals surface area contributed by atoms with Crippen molar-refractivity contribution in [3.8, 4) is 6.07 Å². The van der Waals surface area contributed by atoms with E-state index >= 15 is 0 Å². The van der Waals surface area contributed by atoms with Crippen LogP contribution in [0.1, 0.15) is 144 Å². The van der Waals surface area contributed by atoms with Crippen LogP contribution in [-0.4, -0.2) is 22.8 Å². The Morgan fingerprint density at radius 2 is 0.765 bits per heavy atom. The number of nitriles is 1. The zero-order valence-electron chi connectivity index (χ0n) is 26.9. The normalized spacial score (nSPS) is 6.47. The second-order valence-corrected chi connectivity index (χ2v) is 6.27. The SMILES string of the molecule is CCC.CCC.CCC.CCC.CCC.CCC#N.CCC(=O)O.CCO.[3H]C.c1ccccc1. The molecule has 0 fully saturated rings. The smallest absolute Gasteiger partial charge is 0.303 e. The Kier molecular flexibility index (Phi) is 171. The summed E-state index contributed by atoms with van der Waals surface area (Å²) in [5.41, 5.74) is 0. The number of hydrogen-bond donors (Lipinski definition) is 2. The fourth-order valence-electron chi connectivity index (χ4n) is 0.385. The second kappa shape index (κ2) is 109. The first kappa shape index (κ1) is 53.5.